The van der Waals surface area contributed by atoms with Gasteiger partial charge in [-0.2, -0.15) is 26.3 Å². The molecule has 4 rings (SSSR count). The third-order valence-electron chi connectivity index (χ3n) is 5.54. The average molecular weight is 486 g/mol. The van der Waals surface area contributed by atoms with Crippen LogP contribution in [0, 0.1) is 0 Å². The molecule has 7 heteroatoms. The molecule has 0 aromatic heterocycles. The summed E-state index contributed by atoms with van der Waals surface area (Å²) in [5.74, 6) is -0.283. The highest BCUT2D eigenvalue weighted by molar-refractivity contribution is 5.51. The van der Waals surface area contributed by atoms with E-state index in [0.717, 1.165) is 12.1 Å². The molecule has 0 radical (unpaired) electrons. The van der Waals surface area contributed by atoms with E-state index in [9.17, 15) is 26.3 Å². The largest absolute Gasteiger partial charge is 0.457 e. The quantitative estimate of drug-likeness (QED) is 0.248. The first-order chi connectivity index (χ1) is 16.6. The number of hydrogen-bond donors (Lipinski definition) is 0. The highest BCUT2D eigenvalue weighted by Crippen LogP contribution is 2.42. The van der Waals surface area contributed by atoms with E-state index in [0.29, 0.717) is 11.1 Å². The number of alkyl halides is 6. The van der Waals surface area contributed by atoms with Gasteiger partial charge >= 0.3 is 12.4 Å². The van der Waals surface area contributed by atoms with Gasteiger partial charge in [0.05, 0.1) is 11.1 Å². The van der Waals surface area contributed by atoms with Crippen molar-refractivity contribution in [3.05, 3.63) is 130 Å². The van der Waals surface area contributed by atoms with Crippen LogP contribution < -0.4 is 4.74 Å². The maximum Gasteiger partial charge on any atom is 0.416 e. The first-order valence-electron chi connectivity index (χ1n) is 10.8. The molecule has 0 aliphatic rings. The normalized spacial score (nSPS) is 11.9. The summed E-state index contributed by atoms with van der Waals surface area (Å²) in [6, 6.07) is 24.0. The van der Waals surface area contributed by atoms with Crippen LogP contribution in [0.3, 0.4) is 0 Å². The van der Waals surface area contributed by atoms with Gasteiger partial charge in [0.15, 0.2) is 0 Å². The Morgan fingerprint density at radius 3 is 1.17 bits per heavy atom. The lowest BCUT2D eigenvalue weighted by Crippen LogP contribution is -2.12. The van der Waals surface area contributed by atoms with Gasteiger partial charge in [0.25, 0.3) is 0 Å². The second-order valence-electron chi connectivity index (χ2n) is 7.99. The van der Waals surface area contributed by atoms with Crippen LogP contribution in [0.1, 0.15) is 33.4 Å². The van der Waals surface area contributed by atoms with Crippen LogP contribution >= 0.6 is 0 Å². The van der Waals surface area contributed by atoms with Gasteiger partial charge in [0.1, 0.15) is 11.5 Å². The van der Waals surface area contributed by atoms with Crippen LogP contribution in [0.15, 0.2) is 97.1 Å². The predicted octanol–water partition coefficient (Wildman–Crippen LogP) is 8.70. The molecule has 0 aliphatic carbocycles. The van der Waals surface area contributed by atoms with Crippen LogP contribution in [0.2, 0.25) is 0 Å². The molecule has 0 atom stereocenters. The molecule has 4 aromatic carbocycles. The minimum Gasteiger partial charge on any atom is -0.457 e. The summed E-state index contributed by atoms with van der Waals surface area (Å²) in [4.78, 5) is 0. The van der Waals surface area contributed by atoms with Crippen LogP contribution in [-0.2, 0) is 25.2 Å². The number of ether oxygens (including phenoxy) is 1. The van der Waals surface area contributed by atoms with E-state index in [4.69, 9.17) is 4.74 Å². The first-order valence-corrected chi connectivity index (χ1v) is 10.8. The van der Waals surface area contributed by atoms with Gasteiger partial charge < -0.3 is 4.74 Å². The van der Waals surface area contributed by atoms with E-state index < -0.39 is 23.5 Å². The third kappa shape index (κ3) is 5.85. The lowest BCUT2D eigenvalue weighted by atomic mass is 9.97. The molecular weight excluding hydrogens is 466 g/mol. The fourth-order valence-corrected chi connectivity index (χ4v) is 3.94. The highest BCUT2D eigenvalue weighted by atomic mass is 19.4. The molecule has 0 unspecified atom stereocenters. The Morgan fingerprint density at radius 1 is 0.457 bits per heavy atom. The van der Waals surface area contributed by atoms with E-state index >= 15 is 0 Å². The van der Waals surface area contributed by atoms with Crippen LogP contribution in [0.5, 0.6) is 11.5 Å². The summed E-state index contributed by atoms with van der Waals surface area (Å²) >= 11 is 0. The number of hydrogen-bond acceptors (Lipinski definition) is 1. The van der Waals surface area contributed by atoms with Gasteiger partial charge in [-0.1, -0.05) is 72.8 Å². The summed E-state index contributed by atoms with van der Waals surface area (Å²) in [7, 11) is 0. The lowest BCUT2D eigenvalue weighted by molar-refractivity contribution is -0.138. The fraction of sp³-hybridized carbons (Fsp3) is 0.143. The van der Waals surface area contributed by atoms with Gasteiger partial charge in [0, 0.05) is 24.0 Å². The lowest BCUT2D eigenvalue weighted by Gasteiger charge is -2.21. The minimum absolute atomic E-state index is 0.0984. The van der Waals surface area contributed by atoms with Crippen molar-refractivity contribution in [3.8, 4) is 11.5 Å². The second-order valence-corrected chi connectivity index (χ2v) is 7.99. The van der Waals surface area contributed by atoms with E-state index in [1.54, 1.807) is 60.7 Å². The van der Waals surface area contributed by atoms with Crippen molar-refractivity contribution in [2.45, 2.75) is 25.2 Å². The molecule has 0 aliphatic heterocycles. The monoisotopic (exact) mass is 486 g/mol. The highest BCUT2D eigenvalue weighted by Gasteiger charge is 2.36. The fourth-order valence-electron chi connectivity index (χ4n) is 3.94. The number of halogens is 6. The Hall–Kier alpha value is -3.74. The van der Waals surface area contributed by atoms with Gasteiger partial charge in [-0.25, -0.2) is 0 Å². The molecule has 0 bridgehead atoms. The van der Waals surface area contributed by atoms with Gasteiger partial charge in [-0.15, -0.1) is 0 Å². The molecule has 0 saturated carbocycles. The van der Waals surface area contributed by atoms with E-state index in [1.165, 1.54) is 24.3 Å². The molecule has 35 heavy (non-hydrogen) atoms. The summed E-state index contributed by atoms with van der Waals surface area (Å²) < 4.78 is 89.0. The standard InChI is InChI=1S/C28H20F6O/c29-27(30,31)23-13-7-15-25(21(23)17-19-9-3-1-4-10-19)35-26-16-8-14-24(28(32,33)34)22(26)18-20-11-5-2-6-12-20/h1-16H,17-18H2. The number of benzene rings is 4. The van der Waals surface area contributed by atoms with Crippen molar-refractivity contribution in [1.82, 2.24) is 0 Å². The third-order valence-corrected chi connectivity index (χ3v) is 5.54. The Kier molecular flexibility index (Phi) is 6.87. The van der Waals surface area contributed by atoms with Crippen molar-refractivity contribution < 1.29 is 31.1 Å². The van der Waals surface area contributed by atoms with Crippen LogP contribution in [0.25, 0.3) is 0 Å². The summed E-state index contributed by atoms with van der Waals surface area (Å²) in [6.45, 7) is 0. The van der Waals surface area contributed by atoms with Crippen molar-refractivity contribution in [2.75, 3.05) is 0 Å². The van der Waals surface area contributed by atoms with Gasteiger partial charge in [-0.3, -0.25) is 0 Å². The van der Waals surface area contributed by atoms with E-state index in [-0.39, 0.29) is 35.5 Å². The SMILES string of the molecule is FC(F)(F)c1cccc(Oc2cccc(C(F)(F)F)c2Cc2ccccc2)c1Cc1ccccc1. The molecule has 0 N–H and O–H groups in total. The zero-order chi connectivity index (χ0) is 25.1. The molecule has 0 saturated heterocycles. The second kappa shape index (κ2) is 9.86. The van der Waals surface area contributed by atoms with Gasteiger partial charge in [-0.05, 0) is 35.4 Å². The zero-order valence-corrected chi connectivity index (χ0v) is 18.3. The maximum atomic E-state index is 13.9. The Labute approximate surface area is 198 Å². The maximum absolute atomic E-state index is 13.9. The molecule has 180 valence electrons. The van der Waals surface area contributed by atoms with Crippen molar-refractivity contribution >= 4 is 0 Å². The minimum atomic E-state index is -4.66. The average Bonchev–Trinajstić information content (AvgIpc) is 2.81. The summed E-state index contributed by atoms with van der Waals surface area (Å²) in [6.07, 6.45) is -9.52. The summed E-state index contributed by atoms with van der Waals surface area (Å²) in [5.41, 5.74) is -0.848. The predicted molar refractivity (Wildman–Crippen MR) is 121 cm³/mol. The Bertz CT molecular complexity index is 1180. The topological polar surface area (TPSA) is 9.23 Å². The van der Waals surface area contributed by atoms with Crippen molar-refractivity contribution in [3.63, 3.8) is 0 Å². The van der Waals surface area contributed by atoms with Crippen molar-refractivity contribution in [2.24, 2.45) is 0 Å². The number of rotatable bonds is 6. The summed E-state index contributed by atoms with van der Waals surface area (Å²) in [5, 5.41) is 0. The Morgan fingerprint density at radius 2 is 0.829 bits per heavy atom. The Balaban J connectivity index is 1.83. The van der Waals surface area contributed by atoms with Crippen LogP contribution in [0.4, 0.5) is 26.3 Å². The van der Waals surface area contributed by atoms with Crippen LogP contribution in [-0.4, -0.2) is 0 Å². The smallest absolute Gasteiger partial charge is 0.416 e. The molecule has 0 fully saturated rings. The molecule has 0 heterocycles. The molecule has 0 amide bonds. The van der Waals surface area contributed by atoms with E-state index in [1.807, 2.05) is 0 Å². The van der Waals surface area contributed by atoms with Crippen molar-refractivity contribution in [1.29, 1.82) is 0 Å². The first kappa shape index (κ1) is 24.4. The molecule has 1 nitrogen and oxygen atoms in total. The van der Waals surface area contributed by atoms with E-state index in [2.05, 4.69) is 0 Å². The zero-order valence-electron chi connectivity index (χ0n) is 18.3. The molecule has 4 aromatic rings. The molecule has 0 spiro atoms. The molecular formula is C28H20F6O. The van der Waals surface area contributed by atoms with Gasteiger partial charge in [0.2, 0.25) is 0 Å².